The van der Waals surface area contributed by atoms with Gasteiger partial charge < -0.3 is 15.0 Å². The van der Waals surface area contributed by atoms with Gasteiger partial charge in [0.2, 0.25) is 0 Å². The van der Waals surface area contributed by atoms with Crippen LogP contribution in [-0.4, -0.2) is 39.6 Å². The van der Waals surface area contributed by atoms with E-state index in [0.29, 0.717) is 0 Å². The van der Waals surface area contributed by atoms with Crippen LogP contribution in [0.15, 0.2) is 12.4 Å². The Balaban J connectivity index is 1.81. The van der Waals surface area contributed by atoms with Crippen LogP contribution in [0.25, 0.3) is 0 Å². The van der Waals surface area contributed by atoms with E-state index in [-0.39, 0.29) is 24.0 Å². The predicted molar refractivity (Wildman–Crippen MR) is 82.2 cm³/mol. The van der Waals surface area contributed by atoms with Crippen LogP contribution in [0.5, 0.6) is 0 Å². The number of H-pyrrole nitrogens is 1. The largest absolute Gasteiger partial charge is 0.393 e. The maximum Gasteiger partial charge on any atom is 0.255 e. The van der Waals surface area contributed by atoms with E-state index in [9.17, 15) is 9.90 Å². The number of rotatable bonds is 2. The molecule has 3 rings (SSSR count). The van der Waals surface area contributed by atoms with Crippen molar-refractivity contribution in [1.29, 1.82) is 0 Å². The van der Waals surface area contributed by atoms with Crippen LogP contribution in [0.4, 0.5) is 0 Å². The number of aliphatic hydroxyl groups excluding tert-OH is 1. The van der Waals surface area contributed by atoms with Crippen molar-refractivity contribution in [2.75, 3.05) is 6.54 Å². The van der Waals surface area contributed by atoms with Gasteiger partial charge in [0.25, 0.3) is 5.91 Å². The first-order valence-electron chi connectivity index (χ1n) is 8.31. The monoisotopic (exact) mass is 290 g/mol. The van der Waals surface area contributed by atoms with Gasteiger partial charge in [0.05, 0.1) is 11.7 Å². The average molecular weight is 290 g/mol. The van der Waals surface area contributed by atoms with Crippen LogP contribution in [0.1, 0.15) is 60.9 Å². The molecule has 1 aliphatic heterocycles. The molecule has 2 N–H and O–H groups in total. The molecule has 0 unspecified atom stereocenters. The zero-order valence-corrected chi connectivity index (χ0v) is 12.8. The highest BCUT2D eigenvalue weighted by Crippen LogP contribution is 2.34. The number of nitrogens with one attached hydrogen (secondary N) is 1. The fraction of sp³-hybridized carbons (Fsp3) is 0.706. The average Bonchev–Trinajstić information content (AvgIpc) is 2.93. The first-order chi connectivity index (χ1) is 10.2. The summed E-state index contributed by atoms with van der Waals surface area (Å²) in [5.41, 5.74) is 1.79. The first-order valence-corrected chi connectivity index (χ1v) is 8.31. The van der Waals surface area contributed by atoms with Gasteiger partial charge in [-0.1, -0.05) is 12.8 Å². The first kappa shape index (κ1) is 14.6. The standard InChI is InChI=1S/C17H26N2O2/c1-12-10-18-11-14(12)17(21)19-9-5-4-7-15(19)13-6-2-3-8-16(13)20/h10-11,13,15-16,18,20H,2-9H2,1H3/t13-,15-,16-/m1/s1. The molecule has 2 aliphatic rings. The zero-order valence-electron chi connectivity index (χ0n) is 12.8. The number of aliphatic hydroxyl groups is 1. The lowest BCUT2D eigenvalue weighted by molar-refractivity contribution is -0.00129. The number of hydrogen-bond acceptors (Lipinski definition) is 2. The van der Waals surface area contributed by atoms with E-state index < -0.39 is 0 Å². The van der Waals surface area contributed by atoms with Crippen LogP contribution in [-0.2, 0) is 0 Å². The van der Waals surface area contributed by atoms with E-state index in [1.807, 2.05) is 18.0 Å². The van der Waals surface area contributed by atoms with Crippen molar-refractivity contribution in [3.63, 3.8) is 0 Å². The summed E-state index contributed by atoms with van der Waals surface area (Å²) in [4.78, 5) is 17.9. The predicted octanol–water partition coefficient (Wildman–Crippen LogP) is 2.87. The second-order valence-electron chi connectivity index (χ2n) is 6.63. The van der Waals surface area contributed by atoms with E-state index >= 15 is 0 Å². The highest BCUT2D eigenvalue weighted by atomic mass is 16.3. The minimum atomic E-state index is -0.232. The van der Waals surface area contributed by atoms with Crippen LogP contribution in [0.2, 0.25) is 0 Å². The number of aromatic amines is 1. The van der Waals surface area contributed by atoms with Crippen LogP contribution in [0.3, 0.4) is 0 Å². The lowest BCUT2D eigenvalue weighted by atomic mass is 9.78. The van der Waals surface area contributed by atoms with Crippen LogP contribution >= 0.6 is 0 Å². The summed E-state index contributed by atoms with van der Waals surface area (Å²) < 4.78 is 0. The number of carbonyl (C=O) groups excluding carboxylic acids is 1. The lowest BCUT2D eigenvalue weighted by Crippen LogP contribution is -2.51. The molecule has 4 heteroatoms. The molecular weight excluding hydrogens is 264 g/mol. The van der Waals surface area contributed by atoms with Crippen molar-refractivity contribution >= 4 is 5.91 Å². The van der Waals surface area contributed by atoms with E-state index in [0.717, 1.165) is 49.8 Å². The van der Waals surface area contributed by atoms with Gasteiger partial charge in [-0.15, -0.1) is 0 Å². The fourth-order valence-corrected chi connectivity index (χ4v) is 4.07. The number of aromatic nitrogens is 1. The van der Waals surface area contributed by atoms with E-state index in [1.54, 1.807) is 6.20 Å². The molecule has 2 fully saturated rings. The second kappa shape index (κ2) is 6.22. The summed E-state index contributed by atoms with van der Waals surface area (Å²) in [5.74, 6) is 0.401. The van der Waals surface area contributed by atoms with E-state index in [4.69, 9.17) is 0 Å². The zero-order chi connectivity index (χ0) is 14.8. The quantitative estimate of drug-likeness (QED) is 0.880. The molecular formula is C17H26N2O2. The highest BCUT2D eigenvalue weighted by Gasteiger charge is 2.38. The van der Waals surface area contributed by atoms with Gasteiger partial charge in [-0.2, -0.15) is 0 Å². The van der Waals surface area contributed by atoms with Crippen molar-refractivity contribution < 1.29 is 9.90 Å². The summed E-state index contributed by atoms with van der Waals surface area (Å²) in [5, 5.41) is 10.4. The Kier molecular flexibility index (Phi) is 4.34. The van der Waals surface area contributed by atoms with Crippen molar-refractivity contribution in [2.45, 2.75) is 64.0 Å². The number of carbonyl (C=O) groups is 1. The normalized spacial score (nSPS) is 30.4. The molecule has 0 spiro atoms. The number of piperidine rings is 1. The van der Waals surface area contributed by atoms with Crippen LogP contribution < -0.4 is 0 Å². The Hall–Kier alpha value is -1.29. The molecule has 1 aromatic heterocycles. The van der Waals surface area contributed by atoms with Crippen molar-refractivity contribution in [1.82, 2.24) is 9.88 Å². The Morgan fingerprint density at radius 1 is 1.19 bits per heavy atom. The Bertz CT molecular complexity index is 497. The Morgan fingerprint density at radius 2 is 1.95 bits per heavy atom. The maximum atomic E-state index is 12.9. The summed E-state index contributed by atoms with van der Waals surface area (Å²) in [7, 11) is 0. The Labute approximate surface area is 126 Å². The number of likely N-dealkylation sites (tertiary alicyclic amines) is 1. The topological polar surface area (TPSA) is 56.3 Å². The molecule has 1 amide bonds. The molecule has 0 radical (unpaired) electrons. The smallest absolute Gasteiger partial charge is 0.255 e. The van der Waals surface area contributed by atoms with Gasteiger partial charge in [0, 0.05) is 30.9 Å². The number of nitrogens with zero attached hydrogens (tertiary/aromatic N) is 1. The van der Waals surface area contributed by atoms with Gasteiger partial charge >= 0.3 is 0 Å². The highest BCUT2D eigenvalue weighted by molar-refractivity contribution is 5.95. The molecule has 1 aliphatic carbocycles. The third kappa shape index (κ3) is 2.86. The molecule has 3 atom stereocenters. The van der Waals surface area contributed by atoms with Gasteiger partial charge in [0.15, 0.2) is 0 Å². The molecule has 1 saturated carbocycles. The molecule has 0 aromatic carbocycles. The molecule has 116 valence electrons. The van der Waals surface area contributed by atoms with Crippen molar-refractivity contribution in [3.8, 4) is 0 Å². The SMILES string of the molecule is Cc1c[nH]cc1C(=O)N1CCCC[C@@H]1[C@H]1CCCC[C@H]1O. The summed E-state index contributed by atoms with van der Waals surface area (Å²) in [6.45, 7) is 2.80. The van der Waals surface area contributed by atoms with Crippen molar-refractivity contribution in [3.05, 3.63) is 23.5 Å². The third-order valence-electron chi connectivity index (χ3n) is 5.27. The fourth-order valence-electron chi connectivity index (χ4n) is 4.07. The minimum absolute atomic E-state index is 0.135. The molecule has 0 bridgehead atoms. The molecule has 1 aromatic rings. The summed E-state index contributed by atoms with van der Waals surface area (Å²) in [6, 6.07) is 0.218. The molecule has 2 heterocycles. The summed E-state index contributed by atoms with van der Waals surface area (Å²) in [6.07, 6.45) is 11.0. The number of hydrogen-bond donors (Lipinski definition) is 2. The van der Waals surface area contributed by atoms with E-state index in [1.165, 1.54) is 12.8 Å². The number of aryl methyl sites for hydroxylation is 1. The van der Waals surface area contributed by atoms with Gasteiger partial charge in [-0.3, -0.25) is 4.79 Å². The Morgan fingerprint density at radius 3 is 2.67 bits per heavy atom. The van der Waals surface area contributed by atoms with E-state index in [2.05, 4.69) is 4.98 Å². The molecule has 4 nitrogen and oxygen atoms in total. The maximum absolute atomic E-state index is 12.9. The van der Waals surface area contributed by atoms with Gasteiger partial charge in [-0.25, -0.2) is 0 Å². The summed E-state index contributed by atoms with van der Waals surface area (Å²) >= 11 is 0. The lowest BCUT2D eigenvalue weighted by Gasteiger charge is -2.43. The molecule has 21 heavy (non-hydrogen) atoms. The van der Waals surface area contributed by atoms with Gasteiger partial charge in [0.1, 0.15) is 0 Å². The second-order valence-corrected chi connectivity index (χ2v) is 6.63. The van der Waals surface area contributed by atoms with Crippen molar-refractivity contribution in [2.24, 2.45) is 5.92 Å². The third-order valence-corrected chi connectivity index (χ3v) is 5.27. The molecule has 1 saturated heterocycles. The van der Waals surface area contributed by atoms with Gasteiger partial charge in [-0.05, 0) is 44.6 Å². The van der Waals surface area contributed by atoms with Crippen LogP contribution in [0, 0.1) is 12.8 Å². The minimum Gasteiger partial charge on any atom is -0.393 e. The number of amides is 1.